The fourth-order valence-electron chi connectivity index (χ4n) is 2.50. The SMILES string of the molecule is COc1cccnc1-c1cnn(C2CC(CO)C2)c1. The topological polar surface area (TPSA) is 60.2 Å². The fourth-order valence-corrected chi connectivity index (χ4v) is 2.50. The summed E-state index contributed by atoms with van der Waals surface area (Å²) < 4.78 is 7.28. The molecule has 100 valence electrons. The van der Waals surface area contributed by atoms with Gasteiger partial charge in [0.05, 0.1) is 19.3 Å². The second-order valence-corrected chi connectivity index (χ2v) is 4.94. The Labute approximate surface area is 111 Å². The molecule has 0 atom stereocenters. The maximum Gasteiger partial charge on any atom is 0.145 e. The molecule has 5 heteroatoms. The summed E-state index contributed by atoms with van der Waals surface area (Å²) in [7, 11) is 1.64. The van der Waals surface area contributed by atoms with Crippen LogP contribution >= 0.6 is 0 Å². The van der Waals surface area contributed by atoms with Crippen molar-refractivity contribution in [2.75, 3.05) is 13.7 Å². The van der Waals surface area contributed by atoms with E-state index < -0.39 is 0 Å². The van der Waals surface area contributed by atoms with E-state index in [1.54, 1.807) is 13.3 Å². The molecule has 1 aliphatic carbocycles. The van der Waals surface area contributed by atoms with Gasteiger partial charge in [0.2, 0.25) is 0 Å². The van der Waals surface area contributed by atoms with Crippen molar-refractivity contribution < 1.29 is 9.84 Å². The van der Waals surface area contributed by atoms with Crippen LogP contribution in [0.4, 0.5) is 0 Å². The summed E-state index contributed by atoms with van der Waals surface area (Å²) in [5, 5.41) is 13.4. The number of rotatable bonds is 4. The minimum Gasteiger partial charge on any atom is -0.494 e. The molecule has 1 N–H and O–H groups in total. The third kappa shape index (κ3) is 2.21. The van der Waals surface area contributed by atoms with Gasteiger partial charge in [-0.2, -0.15) is 5.10 Å². The highest BCUT2D eigenvalue weighted by atomic mass is 16.5. The summed E-state index contributed by atoms with van der Waals surface area (Å²) in [6.45, 7) is 0.276. The van der Waals surface area contributed by atoms with Crippen molar-refractivity contribution in [3.63, 3.8) is 0 Å². The van der Waals surface area contributed by atoms with Crippen LogP contribution in [-0.2, 0) is 0 Å². The molecule has 1 saturated carbocycles. The largest absolute Gasteiger partial charge is 0.494 e. The van der Waals surface area contributed by atoms with Crippen LogP contribution in [0.2, 0.25) is 0 Å². The van der Waals surface area contributed by atoms with Gasteiger partial charge in [-0.3, -0.25) is 9.67 Å². The molecule has 0 saturated heterocycles. The smallest absolute Gasteiger partial charge is 0.145 e. The second kappa shape index (κ2) is 5.01. The summed E-state index contributed by atoms with van der Waals surface area (Å²) >= 11 is 0. The van der Waals surface area contributed by atoms with E-state index in [0.29, 0.717) is 12.0 Å². The van der Waals surface area contributed by atoms with Crippen LogP contribution in [0.1, 0.15) is 18.9 Å². The Hall–Kier alpha value is -1.88. The zero-order valence-electron chi connectivity index (χ0n) is 10.9. The molecular weight excluding hydrogens is 242 g/mol. The van der Waals surface area contributed by atoms with Gasteiger partial charge in [-0.15, -0.1) is 0 Å². The average molecular weight is 259 g/mol. The summed E-state index contributed by atoms with van der Waals surface area (Å²) in [5.41, 5.74) is 1.78. The molecule has 0 amide bonds. The number of aromatic nitrogens is 3. The number of pyridine rings is 1. The van der Waals surface area contributed by atoms with Crippen molar-refractivity contribution in [3.8, 4) is 17.0 Å². The molecule has 0 radical (unpaired) electrons. The number of methoxy groups -OCH3 is 1. The average Bonchev–Trinajstić information content (AvgIpc) is 2.87. The van der Waals surface area contributed by atoms with Crippen LogP contribution < -0.4 is 4.74 Å². The fraction of sp³-hybridized carbons (Fsp3) is 0.429. The molecule has 0 aromatic carbocycles. The normalized spacial score (nSPS) is 22.0. The Morgan fingerprint density at radius 2 is 2.32 bits per heavy atom. The molecular formula is C14H17N3O2. The molecule has 2 aromatic rings. The Morgan fingerprint density at radius 3 is 3.05 bits per heavy atom. The van der Waals surface area contributed by atoms with Gasteiger partial charge in [0, 0.05) is 24.6 Å². The van der Waals surface area contributed by atoms with E-state index in [9.17, 15) is 0 Å². The zero-order valence-corrected chi connectivity index (χ0v) is 10.9. The van der Waals surface area contributed by atoms with Crippen molar-refractivity contribution in [2.45, 2.75) is 18.9 Å². The second-order valence-electron chi connectivity index (χ2n) is 4.94. The zero-order chi connectivity index (χ0) is 13.2. The number of hydrogen-bond acceptors (Lipinski definition) is 4. The van der Waals surface area contributed by atoms with E-state index in [4.69, 9.17) is 9.84 Å². The molecule has 0 bridgehead atoms. The first-order chi connectivity index (χ1) is 9.31. The Bertz CT molecular complexity index is 561. The number of aliphatic hydroxyl groups is 1. The lowest BCUT2D eigenvalue weighted by molar-refractivity contribution is 0.105. The molecule has 0 spiro atoms. The van der Waals surface area contributed by atoms with Crippen LogP contribution in [0, 0.1) is 5.92 Å². The van der Waals surface area contributed by atoms with Gasteiger partial charge in [0.1, 0.15) is 11.4 Å². The minimum atomic E-state index is 0.276. The third-order valence-corrected chi connectivity index (χ3v) is 3.71. The summed E-state index contributed by atoms with van der Waals surface area (Å²) in [6, 6.07) is 4.15. The van der Waals surface area contributed by atoms with Gasteiger partial charge in [-0.05, 0) is 30.9 Å². The van der Waals surface area contributed by atoms with Crippen molar-refractivity contribution in [2.24, 2.45) is 5.92 Å². The summed E-state index contributed by atoms with van der Waals surface area (Å²) in [6.07, 6.45) is 7.56. The molecule has 5 nitrogen and oxygen atoms in total. The van der Waals surface area contributed by atoms with Gasteiger partial charge in [-0.1, -0.05) is 0 Å². The maximum absolute atomic E-state index is 9.05. The van der Waals surface area contributed by atoms with Gasteiger partial charge in [-0.25, -0.2) is 0 Å². The molecule has 1 fully saturated rings. The van der Waals surface area contributed by atoms with Crippen LogP contribution in [0.5, 0.6) is 5.75 Å². The molecule has 1 aliphatic rings. The molecule has 0 aliphatic heterocycles. The van der Waals surface area contributed by atoms with E-state index in [-0.39, 0.29) is 6.61 Å². The van der Waals surface area contributed by atoms with Crippen LogP contribution in [0.25, 0.3) is 11.3 Å². The maximum atomic E-state index is 9.05. The molecule has 2 aromatic heterocycles. The molecule has 2 heterocycles. The van der Waals surface area contributed by atoms with Gasteiger partial charge in [0.25, 0.3) is 0 Å². The van der Waals surface area contributed by atoms with Crippen molar-refractivity contribution in [1.29, 1.82) is 0 Å². The van der Waals surface area contributed by atoms with E-state index >= 15 is 0 Å². The highest BCUT2D eigenvalue weighted by Gasteiger charge is 2.30. The quantitative estimate of drug-likeness (QED) is 0.911. The monoisotopic (exact) mass is 259 g/mol. The number of aliphatic hydroxyl groups excluding tert-OH is 1. The Kier molecular flexibility index (Phi) is 3.21. The predicted octanol–water partition coefficient (Wildman–Crippen LogP) is 1.90. The van der Waals surface area contributed by atoms with Crippen LogP contribution in [0.3, 0.4) is 0 Å². The highest BCUT2D eigenvalue weighted by molar-refractivity contribution is 5.64. The van der Waals surface area contributed by atoms with Gasteiger partial charge >= 0.3 is 0 Å². The first-order valence-electron chi connectivity index (χ1n) is 6.46. The first kappa shape index (κ1) is 12.2. The number of nitrogens with zero attached hydrogens (tertiary/aromatic N) is 3. The Morgan fingerprint density at radius 1 is 1.47 bits per heavy atom. The lowest BCUT2D eigenvalue weighted by Gasteiger charge is -2.33. The van der Waals surface area contributed by atoms with Crippen molar-refractivity contribution >= 4 is 0 Å². The van der Waals surface area contributed by atoms with E-state index in [1.807, 2.05) is 29.2 Å². The summed E-state index contributed by atoms with van der Waals surface area (Å²) in [4.78, 5) is 4.35. The standard InChI is InChI=1S/C14H17N3O2/c1-19-13-3-2-4-15-14(13)11-7-16-17(8-11)12-5-10(6-12)9-18/h2-4,7-8,10,12,18H,5-6,9H2,1H3. The third-order valence-electron chi connectivity index (χ3n) is 3.71. The number of hydrogen-bond donors (Lipinski definition) is 1. The Balaban J connectivity index is 1.81. The molecule has 3 rings (SSSR count). The first-order valence-corrected chi connectivity index (χ1v) is 6.46. The van der Waals surface area contributed by atoms with Crippen LogP contribution in [0.15, 0.2) is 30.7 Å². The van der Waals surface area contributed by atoms with Gasteiger partial charge < -0.3 is 9.84 Å². The molecule has 19 heavy (non-hydrogen) atoms. The number of ether oxygens (including phenoxy) is 1. The lowest BCUT2D eigenvalue weighted by Crippen LogP contribution is -2.29. The lowest BCUT2D eigenvalue weighted by atomic mass is 9.81. The minimum absolute atomic E-state index is 0.276. The van der Waals surface area contributed by atoms with Crippen molar-refractivity contribution in [3.05, 3.63) is 30.7 Å². The van der Waals surface area contributed by atoms with Crippen molar-refractivity contribution in [1.82, 2.24) is 14.8 Å². The van der Waals surface area contributed by atoms with Gasteiger partial charge in [0.15, 0.2) is 0 Å². The van der Waals surface area contributed by atoms with E-state index in [2.05, 4.69) is 10.1 Å². The highest BCUT2D eigenvalue weighted by Crippen LogP contribution is 2.38. The van der Waals surface area contributed by atoms with E-state index in [1.165, 1.54) is 0 Å². The summed E-state index contributed by atoms with van der Waals surface area (Å²) in [5.74, 6) is 1.19. The predicted molar refractivity (Wildman–Crippen MR) is 70.9 cm³/mol. The van der Waals surface area contributed by atoms with Crippen LogP contribution in [-0.4, -0.2) is 33.6 Å². The molecule has 0 unspecified atom stereocenters. The van der Waals surface area contributed by atoms with E-state index in [0.717, 1.165) is 29.8 Å².